The van der Waals surface area contributed by atoms with E-state index in [1.165, 1.54) is 53.1 Å². The van der Waals surface area contributed by atoms with Crippen molar-refractivity contribution in [2.24, 2.45) is 5.73 Å². The number of nitrogens with zero attached hydrogens (tertiary/aromatic N) is 1. The highest BCUT2D eigenvalue weighted by atomic mass is 35.5. The zero-order valence-corrected chi connectivity index (χ0v) is 21.5. The summed E-state index contributed by atoms with van der Waals surface area (Å²) in [5.41, 5.74) is 5.54. The van der Waals surface area contributed by atoms with Gasteiger partial charge in [-0.2, -0.15) is 13.2 Å². The number of benzene rings is 2. The Morgan fingerprint density at radius 2 is 1.76 bits per heavy atom. The number of carbonyl (C=O) groups excluding carboxylic acids is 3. The number of pyridine rings is 1. The van der Waals surface area contributed by atoms with E-state index in [2.05, 4.69) is 0 Å². The molecule has 192 valence electrons. The predicted molar refractivity (Wildman–Crippen MR) is 141 cm³/mol. The van der Waals surface area contributed by atoms with E-state index < -0.39 is 29.2 Å². The molecule has 0 aliphatic rings. The number of aryl methyl sites for hydroxylation is 1. The van der Waals surface area contributed by atoms with Crippen LogP contribution in [0.1, 0.15) is 54.1 Å². The number of aromatic nitrogens is 1. The van der Waals surface area contributed by atoms with Crippen LogP contribution in [0.3, 0.4) is 0 Å². The molecule has 0 aliphatic carbocycles. The predicted octanol–water partition coefficient (Wildman–Crippen LogP) is 7.33. The molecule has 38 heavy (non-hydrogen) atoms. The van der Waals surface area contributed by atoms with Gasteiger partial charge in [0.25, 0.3) is 0 Å². The molecule has 2 aromatic carbocycles. The minimum Gasteiger partial charge on any atom is -0.366 e. The number of ketones is 2. The van der Waals surface area contributed by atoms with Gasteiger partial charge in [0.1, 0.15) is 5.69 Å². The second-order valence-electron chi connectivity index (χ2n) is 8.79. The number of rotatable bonds is 5. The molecule has 2 N–H and O–H groups in total. The number of amides is 1. The third-order valence-corrected chi connectivity index (χ3v) is 7.88. The van der Waals surface area contributed by atoms with Crippen molar-refractivity contribution < 1.29 is 27.6 Å². The first-order valence-corrected chi connectivity index (χ1v) is 12.5. The summed E-state index contributed by atoms with van der Waals surface area (Å²) in [7, 11) is 0. The van der Waals surface area contributed by atoms with E-state index in [0.29, 0.717) is 15.5 Å². The first-order valence-electron chi connectivity index (χ1n) is 11.3. The van der Waals surface area contributed by atoms with Crippen LogP contribution in [0.15, 0.2) is 60.8 Å². The fourth-order valence-corrected chi connectivity index (χ4v) is 5.94. The van der Waals surface area contributed by atoms with Gasteiger partial charge in [-0.3, -0.25) is 14.4 Å². The highest BCUT2D eigenvalue weighted by Gasteiger charge is 2.33. The van der Waals surface area contributed by atoms with Crippen molar-refractivity contribution >= 4 is 56.0 Å². The molecule has 0 unspecified atom stereocenters. The van der Waals surface area contributed by atoms with E-state index in [4.69, 9.17) is 17.3 Å². The van der Waals surface area contributed by atoms with E-state index in [1.54, 1.807) is 25.1 Å². The number of hydrogen-bond acceptors (Lipinski definition) is 4. The quantitative estimate of drug-likeness (QED) is 0.231. The lowest BCUT2D eigenvalue weighted by Gasteiger charge is -2.11. The second-order valence-corrected chi connectivity index (χ2v) is 10.3. The Morgan fingerprint density at radius 1 is 1.03 bits per heavy atom. The standard InChI is InChI=1S/C28H18ClF3N2O3S/c1-13-19-12-18(29)6-7-21(19)38-26(13)25(36)24-23(15-4-3-5-17(10-15)28(30,31)32)22(14(2)35)20-11-16(27(33)37)8-9-34(20)24/h3-12H,1-2H3,(H2,33,37). The summed E-state index contributed by atoms with van der Waals surface area (Å²) in [5, 5.41) is 1.27. The van der Waals surface area contributed by atoms with Gasteiger partial charge in [0, 0.05) is 27.0 Å². The number of primary amides is 1. The topological polar surface area (TPSA) is 81.6 Å². The molecule has 0 saturated heterocycles. The van der Waals surface area contributed by atoms with Gasteiger partial charge >= 0.3 is 6.18 Å². The van der Waals surface area contributed by atoms with E-state index in [-0.39, 0.29) is 33.5 Å². The lowest BCUT2D eigenvalue weighted by molar-refractivity contribution is -0.137. The second kappa shape index (κ2) is 9.11. The first kappa shape index (κ1) is 25.7. The molecule has 3 aromatic heterocycles. The molecule has 0 spiro atoms. The van der Waals surface area contributed by atoms with Gasteiger partial charge in [0.2, 0.25) is 11.7 Å². The maximum Gasteiger partial charge on any atom is 0.416 e. The van der Waals surface area contributed by atoms with Gasteiger partial charge in [0.05, 0.1) is 21.5 Å². The van der Waals surface area contributed by atoms with Crippen LogP contribution in [0.5, 0.6) is 0 Å². The van der Waals surface area contributed by atoms with Crippen LogP contribution >= 0.6 is 22.9 Å². The molecule has 0 radical (unpaired) electrons. The average molecular weight is 555 g/mol. The van der Waals surface area contributed by atoms with Crippen LogP contribution in [0.25, 0.3) is 26.7 Å². The number of thiophene rings is 1. The van der Waals surface area contributed by atoms with Crippen molar-refractivity contribution in [1.82, 2.24) is 4.40 Å². The number of nitrogens with two attached hydrogens (primary N) is 1. The van der Waals surface area contributed by atoms with Gasteiger partial charge in [-0.05, 0) is 72.8 Å². The Morgan fingerprint density at radius 3 is 2.42 bits per heavy atom. The molecule has 0 fully saturated rings. The summed E-state index contributed by atoms with van der Waals surface area (Å²) in [6, 6.07) is 12.5. The van der Waals surface area contributed by atoms with Gasteiger partial charge in [0.15, 0.2) is 5.78 Å². The van der Waals surface area contributed by atoms with E-state index in [1.807, 2.05) is 0 Å². The molecule has 5 aromatic rings. The normalized spacial score (nSPS) is 11.8. The van der Waals surface area contributed by atoms with E-state index >= 15 is 0 Å². The molecule has 3 heterocycles. The third-order valence-electron chi connectivity index (χ3n) is 6.37. The van der Waals surface area contributed by atoms with Crippen molar-refractivity contribution in [2.75, 3.05) is 0 Å². The monoisotopic (exact) mass is 554 g/mol. The maximum atomic E-state index is 14.2. The average Bonchev–Trinajstić information content (AvgIpc) is 3.38. The fourth-order valence-electron chi connectivity index (χ4n) is 4.64. The van der Waals surface area contributed by atoms with Crippen molar-refractivity contribution in [3.8, 4) is 11.1 Å². The number of halogens is 4. The molecule has 0 atom stereocenters. The summed E-state index contributed by atoms with van der Waals surface area (Å²) in [5.74, 6) is -1.73. The van der Waals surface area contributed by atoms with Gasteiger partial charge < -0.3 is 10.1 Å². The van der Waals surface area contributed by atoms with Crippen LogP contribution in [-0.2, 0) is 6.18 Å². The zero-order valence-electron chi connectivity index (χ0n) is 19.9. The summed E-state index contributed by atoms with van der Waals surface area (Å²) in [4.78, 5) is 39.4. The van der Waals surface area contributed by atoms with Gasteiger partial charge in [-0.25, -0.2) is 0 Å². The molecular formula is C28H18ClF3N2O3S. The van der Waals surface area contributed by atoms with Crippen molar-refractivity contribution in [1.29, 1.82) is 0 Å². The van der Waals surface area contributed by atoms with Crippen molar-refractivity contribution in [2.45, 2.75) is 20.0 Å². The highest BCUT2D eigenvalue weighted by molar-refractivity contribution is 7.21. The van der Waals surface area contributed by atoms with Gasteiger partial charge in [-0.15, -0.1) is 11.3 Å². The minimum atomic E-state index is -4.64. The number of alkyl halides is 3. The Balaban J connectivity index is 1.89. The Labute approximate surface area is 223 Å². The minimum absolute atomic E-state index is 0.00120. The van der Waals surface area contributed by atoms with E-state index in [0.717, 1.165) is 22.2 Å². The number of Topliss-reactive ketones (excluding diaryl/α,β-unsaturated/α-hetero) is 1. The first-order chi connectivity index (χ1) is 17.9. The fraction of sp³-hybridized carbons (Fsp3) is 0.107. The molecule has 5 nitrogen and oxygen atoms in total. The summed E-state index contributed by atoms with van der Waals surface area (Å²) < 4.78 is 43.1. The Hall–Kier alpha value is -3.95. The molecule has 10 heteroatoms. The third kappa shape index (κ3) is 4.17. The molecule has 0 bridgehead atoms. The SMILES string of the molecule is CC(=O)c1c(-c2cccc(C(F)(F)F)c2)c(C(=O)c2sc3ccc(Cl)cc3c2C)n2ccc(C(N)=O)cc12. The van der Waals surface area contributed by atoms with Crippen LogP contribution in [0, 0.1) is 6.92 Å². The van der Waals surface area contributed by atoms with Crippen LogP contribution in [0.4, 0.5) is 13.2 Å². The summed E-state index contributed by atoms with van der Waals surface area (Å²) in [6.45, 7) is 3.02. The van der Waals surface area contributed by atoms with Crippen LogP contribution in [-0.4, -0.2) is 21.9 Å². The molecule has 5 rings (SSSR count). The summed E-state index contributed by atoms with van der Waals surface area (Å²) in [6.07, 6.45) is -3.22. The molecule has 1 amide bonds. The van der Waals surface area contributed by atoms with Crippen molar-refractivity contribution in [3.05, 3.63) is 98.6 Å². The number of carbonyl (C=O) groups is 3. The Kier molecular flexibility index (Phi) is 6.16. The molecule has 0 aliphatic heterocycles. The van der Waals surface area contributed by atoms with Crippen LogP contribution < -0.4 is 5.73 Å². The molecular weight excluding hydrogens is 537 g/mol. The largest absolute Gasteiger partial charge is 0.416 e. The lowest BCUT2D eigenvalue weighted by Crippen LogP contribution is -2.12. The van der Waals surface area contributed by atoms with Crippen molar-refractivity contribution in [3.63, 3.8) is 0 Å². The smallest absolute Gasteiger partial charge is 0.366 e. The lowest BCUT2D eigenvalue weighted by atomic mass is 9.94. The number of hydrogen-bond donors (Lipinski definition) is 1. The Bertz CT molecular complexity index is 1820. The van der Waals surface area contributed by atoms with Crippen LogP contribution in [0.2, 0.25) is 5.02 Å². The maximum absolute atomic E-state index is 14.2. The highest BCUT2D eigenvalue weighted by Crippen LogP contribution is 2.41. The molecule has 0 saturated carbocycles. The summed E-state index contributed by atoms with van der Waals surface area (Å²) >= 11 is 7.38. The van der Waals surface area contributed by atoms with Gasteiger partial charge in [-0.1, -0.05) is 23.7 Å². The van der Waals surface area contributed by atoms with E-state index in [9.17, 15) is 27.6 Å². The number of fused-ring (bicyclic) bond motifs is 2. The zero-order chi connectivity index (χ0) is 27.5.